The molecule has 2 aromatic carbocycles. The van der Waals surface area contributed by atoms with Crippen molar-refractivity contribution in [2.45, 2.75) is 25.9 Å². The molecule has 116 valence electrons. The molecule has 0 saturated heterocycles. The van der Waals surface area contributed by atoms with Gasteiger partial charge in [-0.05, 0) is 36.5 Å². The van der Waals surface area contributed by atoms with E-state index in [1.165, 1.54) is 22.3 Å². The summed E-state index contributed by atoms with van der Waals surface area (Å²) < 4.78 is 5.80. The number of rotatable bonds is 4. The highest BCUT2D eigenvalue weighted by Gasteiger charge is 2.33. The van der Waals surface area contributed by atoms with Gasteiger partial charge >= 0.3 is 0 Å². The van der Waals surface area contributed by atoms with E-state index in [9.17, 15) is 5.26 Å². The summed E-state index contributed by atoms with van der Waals surface area (Å²) in [7, 11) is 0. The number of nitriles is 1. The molecule has 2 heteroatoms. The van der Waals surface area contributed by atoms with Crippen LogP contribution in [0.4, 0.5) is 0 Å². The molecule has 0 spiro atoms. The zero-order valence-corrected chi connectivity index (χ0v) is 13.4. The number of ether oxygens (including phenoxy) is 1. The van der Waals surface area contributed by atoms with Gasteiger partial charge < -0.3 is 4.74 Å². The second kappa shape index (κ2) is 7.26. The van der Waals surface area contributed by atoms with E-state index in [1.54, 1.807) is 0 Å². The van der Waals surface area contributed by atoms with Gasteiger partial charge in [-0.1, -0.05) is 66.2 Å². The molecule has 0 aromatic heterocycles. The van der Waals surface area contributed by atoms with Crippen molar-refractivity contribution in [2.24, 2.45) is 5.92 Å². The first-order valence-electron chi connectivity index (χ1n) is 8.17. The van der Waals surface area contributed by atoms with Crippen molar-refractivity contribution >= 4 is 5.57 Å². The average Bonchev–Trinajstić information content (AvgIpc) is 3.00. The van der Waals surface area contributed by atoms with Crippen molar-refractivity contribution in [1.29, 1.82) is 5.26 Å². The summed E-state index contributed by atoms with van der Waals surface area (Å²) >= 11 is 0. The van der Waals surface area contributed by atoms with Gasteiger partial charge in [-0.15, -0.1) is 0 Å². The van der Waals surface area contributed by atoms with Crippen molar-refractivity contribution in [2.75, 3.05) is 6.61 Å². The Morgan fingerprint density at radius 1 is 1.00 bits per heavy atom. The first-order chi connectivity index (χ1) is 11.3. The Hall–Kier alpha value is -2.37. The molecule has 0 amide bonds. The van der Waals surface area contributed by atoms with Crippen molar-refractivity contribution in [3.05, 3.63) is 77.4 Å². The van der Waals surface area contributed by atoms with Crippen molar-refractivity contribution in [1.82, 2.24) is 0 Å². The third-order valence-electron chi connectivity index (χ3n) is 4.39. The topological polar surface area (TPSA) is 33.0 Å². The van der Waals surface area contributed by atoms with Crippen LogP contribution in [0.25, 0.3) is 5.57 Å². The molecule has 1 aliphatic rings. The highest BCUT2D eigenvalue weighted by Crippen LogP contribution is 2.39. The Bertz CT molecular complexity index is 671. The fraction of sp³-hybridized carbons (Fsp3) is 0.286. The smallest absolute Gasteiger partial charge is 0.0773 e. The molecule has 0 aliphatic heterocycles. The molecule has 0 radical (unpaired) electrons. The second-order valence-electron chi connectivity index (χ2n) is 5.85. The van der Waals surface area contributed by atoms with Gasteiger partial charge in [0.25, 0.3) is 0 Å². The Balaban J connectivity index is 2.07. The van der Waals surface area contributed by atoms with E-state index in [2.05, 4.69) is 54.6 Å². The zero-order chi connectivity index (χ0) is 16.1. The van der Waals surface area contributed by atoms with Gasteiger partial charge in [0.15, 0.2) is 0 Å². The Morgan fingerprint density at radius 2 is 1.57 bits per heavy atom. The third kappa shape index (κ3) is 3.36. The molecule has 23 heavy (non-hydrogen) atoms. The minimum absolute atomic E-state index is 0.0161. The van der Waals surface area contributed by atoms with Crippen molar-refractivity contribution in [3.8, 4) is 6.07 Å². The highest BCUT2D eigenvalue weighted by atomic mass is 16.5. The van der Waals surface area contributed by atoms with Crippen LogP contribution < -0.4 is 0 Å². The Kier molecular flexibility index (Phi) is 4.90. The molecule has 1 saturated carbocycles. The van der Waals surface area contributed by atoms with Gasteiger partial charge in [-0.3, -0.25) is 0 Å². The average molecular weight is 303 g/mol. The lowest BCUT2D eigenvalue weighted by Gasteiger charge is -2.13. The van der Waals surface area contributed by atoms with Gasteiger partial charge in [-0.2, -0.15) is 5.26 Å². The first-order valence-corrected chi connectivity index (χ1v) is 8.17. The van der Waals surface area contributed by atoms with Crippen molar-refractivity contribution < 1.29 is 4.74 Å². The van der Waals surface area contributed by atoms with Crippen LogP contribution in [0.1, 0.15) is 30.9 Å². The minimum atomic E-state index is -0.0487. The largest absolute Gasteiger partial charge is 0.377 e. The van der Waals surface area contributed by atoms with Gasteiger partial charge in [0, 0.05) is 6.61 Å². The Labute approximate surface area is 138 Å². The van der Waals surface area contributed by atoms with Crippen LogP contribution in [0.5, 0.6) is 0 Å². The Morgan fingerprint density at radius 3 is 2.04 bits per heavy atom. The molecule has 3 rings (SSSR count). The standard InChI is InChI=1S/C21H21NO/c1-2-23-20-14-18(13-19(20)15-22)21(16-9-5-3-6-10-16)17-11-7-4-8-12-17/h3-12,19-20H,2,13-14H2,1H3. The van der Waals surface area contributed by atoms with Crippen LogP contribution in [0.15, 0.2) is 66.2 Å². The van der Waals surface area contributed by atoms with E-state index in [4.69, 9.17) is 4.74 Å². The zero-order valence-electron chi connectivity index (χ0n) is 13.4. The van der Waals surface area contributed by atoms with Crippen LogP contribution in [0.3, 0.4) is 0 Å². The fourth-order valence-electron chi connectivity index (χ4n) is 3.37. The number of benzene rings is 2. The third-order valence-corrected chi connectivity index (χ3v) is 4.39. The van der Waals surface area contributed by atoms with E-state index in [0.29, 0.717) is 6.61 Å². The molecule has 0 N–H and O–H groups in total. The summed E-state index contributed by atoms with van der Waals surface area (Å²) in [5.74, 6) is -0.0487. The summed E-state index contributed by atoms with van der Waals surface area (Å²) in [5, 5.41) is 9.45. The van der Waals surface area contributed by atoms with Gasteiger partial charge in [-0.25, -0.2) is 0 Å². The first kappa shape index (κ1) is 15.5. The predicted molar refractivity (Wildman–Crippen MR) is 92.7 cm³/mol. The molecule has 2 aromatic rings. The van der Waals surface area contributed by atoms with Crippen LogP contribution >= 0.6 is 0 Å². The molecule has 2 atom stereocenters. The van der Waals surface area contributed by atoms with Gasteiger partial charge in [0.1, 0.15) is 0 Å². The van der Waals surface area contributed by atoms with E-state index in [1.807, 2.05) is 19.1 Å². The number of nitrogens with zero attached hydrogens (tertiary/aromatic N) is 1. The molecule has 0 bridgehead atoms. The summed E-state index contributed by atoms with van der Waals surface area (Å²) in [5.41, 5.74) is 5.01. The normalized spacial score (nSPS) is 20.3. The van der Waals surface area contributed by atoms with E-state index in [-0.39, 0.29) is 12.0 Å². The fourth-order valence-corrected chi connectivity index (χ4v) is 3.37. The summed E-state index contributed by atoms with van der Waals surface area (Å²) in [6.07, 6.45) is 1.65. The SMILES string of the molecule is CCOC1CC(=C(c2ccccc2)c2ccccc2)CC1C#N. The van der Waals surface area contributed by atoms with Crippen molar-refractivity contribution in [3.63, 3.8) is 0 Å². The van der Waals surface area contributed by atoms with Crippen LogP contribution in [0.2, 0.25) is 0 Å². The molecule has 2 nitrogen and oxygen atoms in total. The molecule has 0 heterocycles. The maximum absolute atomic E-state index is 9.45. The monoisotopic (exact) mass is 303 g/mol. The number of hydrogen-bond acceptors (Lipinski definition) is 2. The van der Waals surface area contributed by atoms with E-state index >= 15 is 0 Å². The summed E-state index contributed by atoms with van der Waals surface area (Å²) in [6.45, 7) is 2.65. The second-order valence-corrected chi connectivity index (χ2v) is 5.85. The summed E-state index contributed by atoms with van der Waals surface area (Å²) in [4.78, 5) is 0. The minimum Gasteiger partial charge on any atom is -0.377 e. The van der Waals surface area contributed by atoms with E-state index in [0.717, 1.165) is 12.8 Å². The molecule has 1 aliphatic carbocycles. The lowest BCUT2D eigenvalue weighted by molar-refractivity contribution is 0.0519. The van der Waals surface area contributed by atoms with Crippen LogP contribution in [-0.2, 0) is 4.74 Å². The maximum atomic E-state index is 9.45. The van der Waals surface area contributed by atoms with E-state index < -0.39 is 0 Å². The van der Waals surface area contributed by atoms with Gasteiger partial charge in [0.05, 0.1) is 18.1 Å². The summed E-state index contributed by atoms with van der Waals surface area (Å²) in [6, 6.07) is 23.3. The van der Waals surface area contributed by atoms with Crippen LogP contribution in [0, 0.1) is 17.2 Å². The molecule has 1 fully saturated rings. The lowest BCUT2D eigenvalue weighted by atomic mass is 9.92. The lowest BCUT2D eigenvalue weighted by Crippen LogP contribution is -2.16. The maximum Gasteiger partial charge on any atom is 0.0773 e. The quantitative estimate of drug-likeness (QED) is 0.810. The predicted octanol–water partition coefficient (Wildman–Crippen LogP) is 4.83. The number of hydrogen-bond donors (Lipinski definition) is 0. The van der Waals surface area contributed by atoms with Crippen LogP contribution in [-0.4, -0.2) is 12.7 Å². The molecular weight excluding hydrogens is 282 g/mol. The molecule has 2 unspecified atom stereocenters. The highest BCUT2D eigenvalue weighted by molar-refractivity contribution is 5.82. The van der Waals surface area contributed by atoms with Gasteiger partial charge in [0.2, 0.25) is 0 Å². The molecular formula is C21H21NO.